The Balaban J connectivity index is 1.50. The lowest BCUT2D eigenvalue weighted by molar-refractivity contribution is -0.147. The molecule has 1 N–H and O–H groups in total. The van der Waals surface area contributed by atoms with E-state index in [9.17, 15) is 14.4 Å². The van der Waals surface area contributed by atoms with Gasteiger partial charge in [-0.25, -0.2) is 9.59 Å². The molecule has 4 atom stereocenters. The first-order valence-electron chi connectivity index (χ1n) is 12.4. The van der Waals surface area contributed by atoms with Crippen LogP contribution in [-0.4, -0.2) is 64.8 Å². The van der Waals surface area contributed by atoms with Gasteiger partial charge in [0.15, 0.2) is 0 Å². The first-order chi connectivity index (χ1) is 17.1. The summed E-state index contributed by atoms with van der Waals surface area (Å²) in [6, 6.07) is 8.95. The van der Waals surface area contributed by atoms with E-state index in [0.29, 0.717) is 13.0 Å². The van der Waals surface area contributed by atoms with Crippen molar-refractivity contribution in [1.82, 2.24) is 15.2 Å². The average molecular weight is 498 g/mol. The number of rotatable bonds is 7. The van der Waals surface area contributed by atoms with Crippen LogP contribution in [0.1, 0.15) is 52.5 Å². The highest BCUT2D eigenvalue weighted by Crippen LogP contribution is 2.47. The number of fused-ring (bicyclic) bond motifs is 1. The zero-order valence-corrected chi connectivity index (χ0v) is 21.6. The van der Waals surface area contributed by atoms with Gasteiger partial charge in [0.05, 0.1) is 31.9 Å². The van der Waals surface area contributed by atoms with Gasteiger partial charge in [-0.05, 0) is 39.2 Å². The van der Waals surface area contributed by atoms with Crippen LogP contribution in [0.2, 0.25) is 0 Å². The van der Waals surface area contributed by atoms with Crippen molar-refractivity contribution in [1.29, 1.82) is 0 Å². The Morgan fingerprint density at radius 2 is 1.94 bits per heavy atom. The number of para-hydroxylation sites is 1. The second kappa shape index (κ2) is 10.0. The molecular formula is C27H35N3O6. The lowest BCUT2D eigenvalue weighted by Crippen LogP contribution is -2.53. The molecule has 1 aromatic heterocycles. The third-order valence-electron chi connectivity index (χ3n) is 6.88. The van der Waals surface area contributed by atoms with Crippen LogP contribution in [0.15, 0.2) is 36.5 Å². The van der Waals surface area contributed by atoms with Gasteiger partial charge in [0.2, 0.25) is 5.91 Å². The maximum Gasteiger partial charge on any atom is 0.411 e. The summed E-state index contributed by atoms with van der Waals surface area (Å²) in [5.74, 6) is -0.850. The number of aromatic nitrogens is 1. The first-order valence-corrected chi connectivity index (χ1v) is 12.4. The molecular weight excluding hydrogens is 462 g/mol. The first kappa shape index (κ1) is 25.9. The van der Waals surface area contributed by atoms with Gasteiger partial charge in [-0.15, -0.1) is 0 Å². The highest BCUT2D eigenvalue weighted by molar-refractivity contribution is 5.94. The summed E-state index contributed by atoms with van der Waals surface area (Å²) in [5, 5.41) is 3.91. The number of nitrogens with one attached hydrogen (secondary N) is 1. The molecule has 2 heterocycles. The van der Waals surface area contributed by atoms with Crippen molar-refractivity contribution in [2.24, 2.45) is 5.92 Å². The van der Waals surface area contributed by atoms with E-state index >= 15 is 0 Å². The average Bonchev–Trinajstić information content (AvgIpc) is 3.38. The summed E-state index contributed by atoms with van der Waals surface area (Å²) in [5.41, 5.74) is 0.0325. The quantitative estimate of drug-likeness (QED) is 0.583. The molecule has 194 valence electrons. The zero-order chi connectivity index (χ0) is 26.1. The number of hydrogen-bond acceptors (Lipinski definition) is 7. The van der Waals surface area contributed by atoms with E-state index in [-0.39, 0.29) is 25.0 Å². The standard InChI is InChI=1S/C27H35N3O6/c1-6-19-14-27(19,24(32)34-5)29-23(31)21-13-20(15-30(21)25(33)36-26(2,3)4)35-16-18-10-7-9-17-11-8-12-28-22(17)18/h7-12,19-21H,6,13-16H2,1-5H3,(H,29,31)/t19-,20+,21-,27+/m0/s1. The molecule has 1 saturated carbocycles. The van der Waals surface area contributed by atoms with Crippen LogP contribution < -0.4 is 5.32 Å². The van der Waals surface area contributed by atoms with Crippen LogP contribution in [0.3, 0.4) is 0 Å². The monoisotopic (exact) mass is 497 g/mol. The Labute approximate surface area is 211 Å². The molecule has 1 aliphatic carbocycles. The number of methoxy groups -OCH3 is 1. The molecule has 2 aromatic rings. The molecule has 9 nitrogen and oxygen atoms in total. The van der Waals surface area contributed by atoms with E-state index in [1.165, 1.54) is 12.0 Å². The second-order valence-corrected chi connectivity index (χ2v) is 10.6. The summed E-state index contributed by atoms with van der Waals surface area (Å²) in [6.07, 6.45) is 2.32. The van der Waals surface area contributed by atoms with Gasteiger partial charge in [-0.1, -0.05) is 37.6 Å². The van der Waals surface area contributed by atoms with Crippen molar-refractivity contribution in [2.75, 3.05) is 13.7 Å². The number of benzene rings is 1. The smallest absolute Gasteiger partial charge is 0.411 e. The maximum absolute atomic E-state index is 13.4. The molecule has 0 radical (unpaired) electrons. The van der Waals surface area contributed by atoms with Gasteiger partial charge in [-0.3, -0.25) is 14.7 Å². The number of carbonyl (C=O) groups is 3. The molecule has 36 heavy (non-hydrogen) atoms. The molecule has 2 fully saturated rings. The fourth-order valence-electron chi connectivity index (χ4n) is 4.94. The van der Waals surface area contributed by atoms with E-state index in [1.807, 2.05) is 37.3 Å². The molecule has 1 aliphatic heterocycles. The van der Waals surface area contributed by atoms with Gasteiger partial charge in [0.25, 0.3) is 0 Å². The Morgan fingerprint density at radius 1 is 1.19 bits per heavy atom. The lowest BCUT2D eigenvalue weighted by atomic mass is 10.1. The van der Waals surface area contributed by atoms with Gasteiger partial charge in [0.1, 0.15) is 17.2 Å². The summed E-state index contributed by atoms with van der Waals surface area (Å²) < 4.78 is 16.7. The van der Waals surface area contributed by atoms with E-state index in [1.54, 1.807) is 27.0 Å². The normalized spacial score (nSPS) is 25.5. The third-order valence-corrected chi connectivity index (χ3v) is 6.88. The lowest BCUT2D eigenvalue weighted by Gasteiger charge is -2.29. The number of amides is 2. The van der Waals surface area contributed by atoms with Crippen LogP contribution in [0.4, 0.5) is 4.79 Å². The Morgan fingerprint density at radius 3 is 2.61 bits per heavy atom. The highest BCUT2D eigenvalue weighted by atomic mass is 16.6. The van der Waals surface area contributed by atoms with Crippen molar-refractivity contribution >= 4 is 28.9 Å². The topological polar surface area (TPSA) is 107 Å². The predicted octanol–water partition coefficient (Wildman–Crippen LogP) is 3.59. The summed E-state index contributed by atoms with van der Waals surface area (Å²) in [7, 11) is 1.32. The van der Waals surface area contributed by atoms with Gasteiger partial charge < -0.3 is 19.5 Å². The number of carbonyl (C=O) groups excluding carboxylic acids is 3. The fourth-order valence-corrected chi connectivity index (χ4v) is 4.94. The largest absolute Gasteiger partial charge is 0.467 e. The van der Waals surface area contributed by atoms with Crippen LogP contribution >= 0.6 is 0 Å². The van der Waals surface area contributed by atoms with Crippen molar-refractivity contribution in [3.05, 3.63) is 42.1 Å². The van der Waals surface area contributed by atoms with Crippen molar-refractivity contribution in [3.8, 4) is 0 Å². The number of esters is 1. The zero-order valence-electron chi connectivity index (χ0n) is 21.6. The van der Waals surface area contributed by atoms with Crippen LogP contribution in [0, 0.1) is 5.92 Å². The Hall–Kier alpha value is -3.20. The molecule has 4 rings (SSSR count). The molecule has 1 aromatic carbocycles. The minimum atomic E-state index is -1.03. The Kier molecular flexibility index (Phi) is 7.22. The van der Waals surface area contributed by atoms with Crippen molar-refractivity contribution in [3.63, 3.8) is 0 Å². The molecule has 1 saturated heterocycles. The van der Waals surface area contributed by atoms with E-state index in [0.717, 1.165) is 22.9 Å². The molecule has 0 unspecified atom stereocenters. The molecule has 2 amide bonds. The SMILES string of the molecule is CC[C@H]1C[C@]1(NC(=O)[C@@H]1C[C@@H](OCc2cccc3cccnc23)CN1C(=O)OC(C)(C)C)C(=O)OC. The molecule has 2 aliphatic rings. The number of pyridine rings is 1. The van der Waals surface area contributed by atoms with Gasteiger partial charge in [-0.2, -0.15) is 0 Å². The molecule has 9 heteroatoms. The summed E-state index contributed by atoms with van der Waals surface area (Å²) in [6.45, 7) is 7.79. The predicted molar refractivity (Wildman–Crippen MR) is 133 cm³/mol. The summed E-state index contributed by atoms with van der Waals surface area (Å²) in [4.78, 5) is 44.8. The number of ether oxygens (including phenoxy) is 3. The maximum atomic E-state index is 13.4. The van der Waals surface area contributed by atoms with Crippen LogP contribution in [-0.2, 0) is 30.4 Å². The molecule has 0 spiro atoms. The molecule has 0 bridgehead atoms. The van der Waals surface area contributed by atoms with E-state index in [2.05, 4.69) is 10.3 Å². The van der Waals surface area contributed by atoms with E-state index in [4.69, 9.17) is 14.2 Å². The van der Waals surface area contributed by atoms with Crippen molar-refractivity contribution in [2.45, 2.75) is 76.9 Å². The van der Waals surface area contributed by atoms with Crippen molar-refractivity contribution < 1.29 is 28.6 Å². The van der Waals surface area contributed by atoms with Gasteiger partial charge >= 0.3 is 12.1 Å². The highest BCUT2D eigenvalue weighted by Gasteiger charge is 2.62. The third kappa shape index (κ3) is 5.31. The van der Waals surface area contributed by atoms with Crippen LogP contribution in [0.5, 0.6) is 0 Å². The number of likely N-dealkylation sites (tertiary alicyclic amines) is 1. The minimum absolute atomic E-state index is 0.0104. The fraction of sp³-hybridized carbons (Fsp3) is 0.556. The van der Waals surface area contributed by atoms with Gasteiger partial charge in [0, 0.05) is 23.6 Å². The minimum Gasteiger partial charge on any atom is -0.467 e. The van der Waals surface area contributed by atoms with Crippen LogP contribution in [0.25, 0.3) is 10.9 Å². The van der Waals surface area contributed by atoms with E-state index < -0.39 is 35.2 Å². The summed E-state index contributed by atoms with van der Waals surface area (Å²) >= 11 is 0. The number of nitrogens with zero attached hydrogens (tertiary/aromatic N) is 2. The number of hydrogen-bond donors (Lipinski definition) is 1. The Bertz CT molecular complexity index is 1140. The second-order valence-electron chi connectivity index (χ2n) is 10.6.